The minimum atomic E-state index is -4.96. The van der Waals surface area contributed by atoms with Gasteiger partial charge in [0.2, 0.25) is 17.2 Å². The van der Waals surface area contributed by atoms with Crippen LogP contribution in [0.15, 0.2) is 92.7 Å². The molecule has 5 aromatic rings. The molecule has 0 aliphatic rings. The second kappa shape index (κ2) is 13.3. The van der Waals surface area contributed by atoms with Crippen LogP contribution in [0.25, 0.3) is 5.69 Å². The van der Waals surface area contributed by atoms with Crippen LogP contribution in [0.4, 0.5) is 34.6 Å². The Morgan fingerprint density at radius 1 is 0.977 bits per heavy atom. The monoisotopic (exact) mass is 647 g/mol. The van der Waals surface area contributed by atoms with Crippen LogP contribution in [0.2, 0.25) is 10.3 Å². The second-order valence-corrected chi connectivity index (χ2v) is 10.9. The first-order valence-corrected chi connectivity index (χ1v) is 14.2. The van der Waals surface area contributed by atoms with Crippen LogP contribution in [0.5, 0.6) is 0 Å². The number of aromatic amines is 1. The molecule has 17 heteroatoms. The number of rotatable bonds is 8. The van der Waals surface area contributed by atoms with Gasteiger partial charge in [-0.25, -0.2) is 13.1 Å². The maximum atomic E-state index is 13.1. The van der Waals surface area contributed by atoms with Crippen molar-refractivity contribution in [1.82, 2.24) is 24.7 Å². The Balaban J connectivity index is 0.00000423. The van der Waals surface area contributed by atoms with Crippen molar-refractivity contribution in [3.05, 3.63) is 99.2 Å². The average Bonchev–Trinajstić information content (AvgIpc) is 3.23. The number of aromatic nitrogens is 5. The summed E-state index contributed by atoms with van der Waals surface area (Å²) in [6.45, 7) is 1.58. The van der Waals surface area contributed by atoms with Gasteiger partial charge in [0.25, 0.3) is 5.56 Å². The minimum Gasteiger partial charge on any atom is -0.744 e. The van der Waals surface area contributed by atoms with E-state index in [4.69, 9.17) is 23.2 Å². The summed E-state index contributed by atoms with van der Waals surface area (Å²) >= 11 is 12.4. The normalized spacial score (nSPS) is 11.4. The van der Waals surface area contributed by atoms with E-state index in [9.17, 15) is 17.8 Å². The molecular weight excluding hydrogens is 628 g/mol. The number of nitrogens with zero attached hydrogens (tertiary/aromatic N) is 7. The summed E-state index contributed by atoms with van der Waals surface area (Å²) in [4.78, 5) is 26.7. The van der Waals surface area contributed by atoms with Crippen molar-refractivity contribution in [2.45, 2.75) is 11.8 Å². The quantitative estimate of drug-likeness (QED) is 0.146. The molecule has 43 heavy (non-hydrogen) atoms. The molecule has 2 N–H and O–H groups in total. The van der Waals surface area contributed by atoms with Crippen molar-refractivity contribution in [2.75, 3.05) is 17.3 Å². The van der Waals surface area contributed by atoms with Gasteiger partial charge >= 0.3 is 29.6 Å². The summed E-state index contributed by atoms with van der Waals surface area (Å²) < 4.78 is 37.1. The molecule has 13 nitrogen and oxygen atoms in total. The third-order valence-electron chi connectivity index (χ3n) is 5.92. The molecule has 0 spiro atoms. The molecule has 0 bridgehead atoms. The number of azo groups is 1. The van der Waals surface area contributed by atoms with Gasteiger partial charge in [-0.1, -0.05) is 41.9 Å². The van der Waals surface area contributed by atoms with Crippen LogP contribution in [0, 0.1) is 6.92 Å². The molecule has 0 radical (unpaired) electrons. The van der Waals surface area contributed by atoms with E-state index >= 15 is 0 Å². The summed E-state index contributed by atoms with van der Waals surface area (Å²) in [6.07, 6.45) is 0. The van der Waals surface area contributed by atoms with Gasteiger partial charge < -0.3 is 14.8 Å². The number of hydrogen-bond acceptors (Lipinski definition) is 11. The first-order chi connectivity index (χ1) is 20.0. The number of anilines is 4. The molecule has 3 aromatic carbocycles. The maximum Gasteiger partial charge on any atom is 1.00 e. The molecule has 0 amide bonds. The van der Waals surface area contributed by atoms with Crippen molar-refractivity contribution < 1.29 is 42.5 Å². The predicted molar refractivity (Wildman–Crippen MR) is 157 cm³/mol. The summed E-state index contributed by atoms with van der Waals surface area (Å²) in [5.74, 6) is 0.276. The van der Waals surface area contributed by atoms with Gasteiger partial charge in [0.05, 0.1) is 21.3 Å². The van der Waals surface area contributed by atoms with Gasteiger partial charge in [-0.3, -0.25) is 9.89 Å². The molecular formula is C26H20Cl2N9NaO4S. The van der Waals surface area contributed by atoms with Crippen molar-refractivity contribution in [3.8, 4) is 5.69 Å². The number of nitrogens with one attached hydrogen (secondary N) is 2. The van der Waals surface area contributed by atoms with Gasteiger partial charge in [0.1, 0.15) is 15.8 Å². The fourth-order valence-electron chi connectivity index (χ4n) is 3.89. The zero-order chi connectivity index (χ0) is 30.0. The van der Waals surface area contributed by atoms with Crippen molar-refractivity contribution in [3.63, 3.8) is 0 Å². The summed E-state index contributed by atoms with van der Waals surface area (Å²) in [6, 6.07) is 19.6. The third-order valence-corrected chi connectivity index (χ3v) is 7.29. The van der Waals surface area contributed by atoms with E-state index < -0.39 is 20.6 Å². The Hall–Kier alpha value is -3.63. The first-order valence-electron chi connectivity index (χ1n) is 12.1. The smallest absolute Gasteiger partial charge is 0.744 e. The van der Waals surface area contributed by atoms with Crippen LogP contribution >= 0.6 is 23.2 Å². The van der Waals surface area contributed by atoms with Crippen LogP contribution in [-0.2, 0) is 10.1 Å². The molecule has 2 heterocycles. The van der Waals surface area contributed by atoms with Crippen molar-refractivity contribution >= 4 is 68.0 Å². The zero-order valence-corrected chi connectivity index (χ0v) is 27.2. The van der Waals surface area contributed by atoms with Crippen LogP contribution < -0.4 is 45.3 Å². The molecule has 2 aromatic heterocycles. The number of H-pyrrole nitrogens is 1. The Bertz CT molecular complexity index is 1990. The van der Waals surface area contributed by atoms with E-state index in [-0.39, 0.29) is 63.8 Å². The fraction of sp³-hybridized carbons (Fsp3) is 0.0769. The largest absolute Gasteiger partial charge is 1.00 e. The molecule has 5 rings (SSSR count). The average molecular weight is 648 g/mol. The van der Waals surface area contributed by atoms with Crippen LogP contribution in [0.1, 0.15) is 5.69 Å². The van der Waals surface area contributed by atoms with E-state index in [1.165, 1.54) is 16.8 Å². The maximum absolute atomic E-state index is 13.1. The molecule has 214 valence electrons. The van der Waals surface area contributed by atoms with Gasteiger partial charge in [-0.15, -0.1) is 10.2 Å². The van der Waals surface area contributed by atoms with Gasteiger partial charge in [0.15, 0.2) is 5.69 Å². The molecule has 0 saturated carbocycles. The molecule has 0 aliphatic carbocycles. The zero-order valence-electron chi connectivity index (χ0n) is 22.9. The number of benzene rings is 3. The fourth-order valence-corrected chi connectivity index (χ4v) is 4.85. The third kappa shape index (κ3) is 7.30. The molecule has 0 aliphatic heterocycles. The van der Waals surface area contributed by atoms with E-state index in [0.717, 1.165) is 11.8 Å². The van der Waals surface area contributed by atoms with Gasteiger partial charge in [-0.2, -0.15) is 15.0 Å². The van der Waals surface area contributed by atoms with Crippen LogP contribution in [0.3, 0.4) is 0 Å². The summed E-state index contributed by atoms with van der Waals surface area (Å²) in [7, 11) is -3.21. The van der Waals surface area contributed by atoms with Crippen molar-refractivity contribution in [1.29, 1.82) is 0 Å². The SMILES string of the molecule is Cc1[nH]n(-c2ccccc2Cl)c(=O)c1N=Nc1cc(Nc2nc(Cl)nc(N(C)c3ccccc3)n2)ccc1S(=O)(=O)[O-].[Na+]. The Morgan fingerprint density at radius 3 is 2.37 bits per heavy atom. The Morgan fingerprint density at radius 2 is 1.67 bits per heavy atom. The van der Waals surface area contributed by atoms with Gasteiger partial charge in [0, 0.05) is 18.4 Å². The number of hydrogen-bond donors (Lipinski definition) is 2. The molecule has 0 unspecified atom stereocenters. The van der Waals surface area contributed by atoms with Gasteiger partial charge in [-0.05, 0) is 61.0 Å². The van der Waals surface area contributed by atoms with Crippen LogP contribution in [-0.4, -0.2) is 44.8 Å². The number of para-hydroxylation sites is 2. The number of aryl methyl sites for hydroxylation is 1. The minimum absolute atomic E-state index is 0. The summed E-state index contributed by atoms with van der Waals surface area (Å²) in [5, 5.41) is 13.9. The summed E-state index contributed by atoms with van der Waals surface area (Å²) in [5.41, 5.74) is 0.759. The van der Waals surface area contributed by atoms with Crippen molar-refractivity contribution in [2.24, 2.45) is 10.2 Å². The Labute approximate surface area is 277 Å². The van der Waals surface area contributed by atoms with E-state index in [1.54, 1.807) is 43.1 Å². The second-order valence-electron chi connectivity index (χ2n) is 8.76. The number of halogens is 2. The standard InChI is InChI=1S/C26H21Cl2N9O4S.Na/c1-15-22(23(38)37(35-15)20-11-7-6-10-18(20)27)34-33-19-14-16(12-13-21(19)42(39,40)41)29-25-30-24(28)31-26(32-25)36(2)17-8-4-3-5-9-17;/h3-14,35H,1-2H3,(H,39,40,41)(H,29,30,31,32);/q;+1/p-1. The predicted octanol–water partition coefficient (Wildman–Crippen LogP) is 2.80. The first kappa shape index (κ1) is 32.3. The van der Waals surface area contributed by atoms with E-state index in [1.807, 2.05) is 30.3 Å². The molecule has 0 saturated heterocycles. The molecule has 0 fully saturated rings. The van der Waals surface area contributed by atoms with E-state index in [2.05, 4.69) is 35.6 Å². The van der Waals surface area contributed by atoms with E-state index in [0.29, 0.717) is 16.4 Å². The Kier molecular flexibility index (Phi) is 10.0. The topological polar surface area (TPSA) is 174 Å². The molecule has 0 atom stereocenters.